The summed E-state index contributed by atoms with van der Waals surface area (Å²) in [4.78, 5) is 7.65. The lowest BCUT2D eigenvalue weighted by Crippen LogP contribution is -1.96. The fourth-order valence-electron chi connectivity index (χ4n) is 2.55. The van der Waals surface area contributed by atoms with Crippen LogP contribution >= 0.6 is 0 Å². The Kier molecular flexibility index (Phi) is 4.19. The molecule has 5 nitrogen and oxygen atoms in total. The van der Waals surface area contributed by atoms with Crippen molar-refractivity contribution in [2.24, 2.45) is 0 Å². The van der Waals surface area contributed by atoms with Crippen molar-refractivity contribution >= 4 is 0 Å². The van der Waals surface area contributed by atoms with E-state index in [0.717, 1.165) is 22.5 Å². The van der Waals surface area contributed by atoms with Gasteiger partial charge in [-0.05, 0) is 0 Å². The van der Waals surface area contributed by atoms with Crippen LogP contribution in [0.3, 0.4) is 0 Å². The maximum Gasteiger partial charge on any atom is 0.135 e. The summed E-state index contributed by atoms with van der Waals surface area (Å²) >= 11 is 0. The molecule has 0 spiro atoms. The third kappa shape index (κ3) is 2.73. The van der Waals surface area contributed by atoms with Gasteiger partial charge < -0.3 is 19.2 Å². The maximum absolute atomic E-state index is 5.54. The molecule has 0 bridgehead atoms. The van der Waals surface area contributed by atoms with E-state index < -0.39 is 0 Å². The van der Waals surface area contributed by atoms with Crippen molar-refractivity contribution in [3.8, 4) is 39.8 Å². The molecule has 0 atom stereocenters. The van der Waals surface area contributed by atoms with E-state index in [-0.39, 0.29) is 0 Å². The average Bonchev–Trinajstić information content (AvgIpc) is 3.10. The topological polar surface area (TPSA) is 56.4 Å². The number of rotatable bonds is 5. The van der Waals surface area contributed by atoms with E-state index in [2.05, 4.69) is 9.97 Å². The first kappa shape index (κ1) is 15.0. The van der Waals surface area contributed by atoms with Gasteiger partial charge in [0, 0.05) is 17.7 Å². The molecule has 1 heterocycles. The van der Waals surface area contributed by atoms with Crippen LogP contribution < -0.4 is 14.2 Å². The van der Waals surface area contributed by atoms with Gasteiger partial charge in [0.15, 0.2) is 0 Å². The SMILES string of the molecule is COc1cc(OC)c(-c2[nH]cnc2-c2ccccc2)c(OC)c1. The molecule has 0 aliphatic rings. The van der Waals surface area contributed by atoms with Crippen LogP contribution in [0.15, 0.2) is 48.8 Å². The van der Waals surface area contributed by atoms with Gasteiger partial charge in [0.1, 0.15) is 17.2 Å². The number of H-pyrrole nitrogens is 1. The second-order valence-corrected chi connectivity index (χ2v) is 4.90. The molecule has 118 valence electrons. The summed E-state index contributed by atoms with van der Waals surface area (Å²) in [5.74, 6) is 1.98. The lowest BCUT2D eigenvalue weighted by Gasteiger charge is -2.15. The fraction of sp³-hybridized carbons (Fsp3) is 0.167. The van der Waals surface area contributed by atoms with Crippen molar-refractivity contribution in [1.29, 1.82) is 0 Å². The molecule has 23 heavy (non-hydrogen) atoms. The lowest BCUT2D eigenvalue weighted by atomic mass is 10.0. The summed E-state index contributed by atoms with van der Waals surface area (Å²) in [6.07, 6.45) is 1.67. The quantitative estimate of drug-likeness (QED) is 0.779. The highest BCUT2D eigenvalue weighted by molar-refractivity contribution is 5.85. The fourth-order valence-corrected chi connectivity index (χ4v) is 2.55. The minimum atomic E-state index is 0.655. The Balaban J connectivity index is 2.22. The van der Waals surface area contributed by atoms with Gasteiger partial charge in [0.25, 0.3) is 0 Å². The second kappa shape index (κ2) is 6.44. The lowest BCUT2D eigenvalue weighted by molar-refractivity contribution is 0.377. The molecule has 1 aromatic heterocycles. The van der Waals surface area contributed by atoms with Gasteiger partial charge in [0.05, 0.1) is 44.6 Å². The molecule has 0 aliphatic carbocycles. The number of hydrogen-bond donors (Lipinski definition) is 1. The molecule has 0 unspecified atom stereocenters. The predicted molar refractivity (Wildman–Crippen MR) is 89.1 cm³/mol. The highest BCUT2D eigenvalue weighted by atomic mass is 16.5. The third-order valence-electron chi connectivity index (χ3n) is 3.65. The molecule has 3 aromatic rings. The number of benzene rings is 2. The highest BCUT2D eigenvalue weighted by Gasteiger charge is 2.20. The third-order valence-corrected chi connectivity index (χ3v) is 3.65. The highest BCUT2D eigenvalue weighted by Crippen LogP contribution is 2.43. The van der Waals surface area contributed by atoms with Crippen molar-refractivity contribution in [3.63, 3.8) is 0 Å². The van der Waals surface area contributed by atoms with Crippen LogP contribution in [0.4, 0.5) is 0 Å². The number of hydrogen-bond acceptors (Lipinski definition) is 4. The number of aromatic amines is 1. The largest absolute Gasteiger partial charge is 0.496 e. The Labute approximate surface area is 134 Å². The first-order valence-corrected chi connectivity index (χ1v) is 7.17. The van der Waals surface area contributed by atoms with E-state index >= 15 is 0 Å². The first-order valence-electron chi connectivity index (χ1n) is 7.17. The minimum Gasteiger partial charge on any atom is -0.496 e. The number of imidazole rings is 1. The Morgan fingerprint density at radius 3 is 2.09 bits per heavy atom. The minimum absolute atomic E-state index is 0.655. The Morgan fingerprint density at radius 1 is 0.870 bits per heavy atom. The van der Waals surface area contributed by atoms with Crippen molar-refractivity contribution in [2.75, 3.05) is 21.3 Å². The van der Waals surface area contributed by atoms with Crippen molar-refractivity contribution in [1.82, 2.24) is 9.97 Å². The summed E-state index contributed by atoms with van der Waals surface area (Å²) in [7, 11) is 4.85. The van der Waals surface area contributed by atoms with Crippen molar-refractivity contribution in [3.05, 3.63) is 48.8 Å². The van der Waals surface area contributed by atoms with Crippen molar-refractivity contribution < 1.29 is 14.2 Å². The van der Waals surface area contributed by atoms with Gasteiger partial charge >= 0.3 is 0 Å². The van der Waals surface area contributed by atoms with E-state index in [0.29, 0.717) is 17.2 Å². The van der Waals surface area contributed by atoms with Crippen LogP contribution in [0.5, 0.6) is 17.2 Å². The van der Waals surface area contributed by atoms with Crippen LogP contribution in [0.2, 0.25) is 0 Å². The van der Waals surface area contributed by atoms with Crippen LogP contribution in [-0.4, -0.2) is 31.3 Å². The van der Waals surface area contributed by atoms with Gasteiger partial charge in [0.2, 0.25) is 0 Å². The number of nitrogens with one attached hydrogen (secondary N) is 1. The molecule has 0 amide bonds. The number of methoxy groups -OCH3 is 3. The molecule has 0 saturated carbocycles. The van der Waals surface area contributed by atoms with Crippen LogP contribution in [0, 0.1) is 0 Å². The zero-order valence-electron chi connectivity index (χ0n) is 13.3. The van der Waals surface area contributed by atoms with Gasteiger partial charge in [-0.1, -0.05) is 30.3 Å². The standard InChI is InChI=1S/C18H18N2O3/c1-21-13-9-14(22-2)16(15(10-13)23-3)18-17(19-11-20-18)12-7-5-4-6-8-12/h4-11H,1-3H3,(H,19,20). The zero-order valence-corrected chi connectivity index (χ0v) is 13.3. The average molecular weight is 310 g/mol. The Hall–Kier alpha value is -2.95. The molecule has 0 radical (unpaired) electrons. The van der Waals surface area contributed by atoms with E-state index in [1.54, 1.807) is 27.7 Å². The monoisotopic (exact) mass is 310 g/mol. The number of ether oxygens (including phenoxy) is 3. The van der Waals surface area contributed by atoms with E-state index in [1.165, 1.54) is 0 Å². The number of aromatic nitrogens is 2. The summed E-state index contributed by atoms with van der Waals surface area (Å²) in [5, 5.41) is 0. The summed E-state index contributed by atoms with van der Waals surface area (Å²) in [5.41, 5.74) is 3.51. The summed E-state index contributed by atoms with van der Waals surface area (Å²) < 4.78 is 16.4. The first-order chi connectivity index (χ1) is 11.3. The molecule has 5 heteroatoms. The smallest absolute Gasteiger partial charge is 0.135 e. The normalized spacial score (nSPS) is 10.4. The molecule has 0 fully saturated rings. The van der Waals surface area contributed by atoms with E-state index in [9.17, 15) is 0 Å². The molecular weight excluding hydrogens is 292 g/mol. The zero-order chi connectivity index (χ0) is 16.2. The van der Waals surface area contributed by atoms with E-state index in [4.69, 9.17) is 14.2 Å². The maximum atomic E-state index is 5.54. The van der Waals surface area contributed by atoms with Crippen LogP contribution in [0.25, 0.3) is 22.5 Å². The summed E-state index contributed by atoms with van der Waals surface area (Å²) in [6, 6.07) is 13.6. The van der Waals surface area contributed by atoms with Gasteiger partial charge in [-0.3, -0.25) is 0 Å². The molecular formula is C18H18N2O3. The second-order valence-electron chi connectivity index (χ2n) is 4.90. The van der Waals surface area contributed by atoms with Gasteiger partial charge in [-0.25, -0.2) is 4.98 Å². The van der Waals surface area contributed by atoms with Crippen LogP contribution in [0.1, 0.15) is 0 Å². The summed E-state index contributed by atoms with van der Waals surface area (Å²) in [6.45, 7) is 0. The molecule has 1 N–H and O–H groups in total. The van der Waals surface area contributed by atoms with Gasteiger partial charge in [-0.15, -0.1) is 0 Å². The molecule has 3 rings (SSSR count). The molecule has 0 aliphatic heterocycles. The Morgan fingerprint density at radius 2 is 1.52 bits per heavy atom. The molecule has 2 aromatic carbocycles. The molecule has 0 saturated heterocycles. The van der Waals surface area contributed by atoms with Crippen LogP contribution in [-0.2, 0) is 0 Å². The number of nitrogens with zero attached hydrogens (tertiary/aromatic N) is 1. The van der Waals surface area contributed by atoms with E-state index in [1.807, 2.05) is 42.5 Å². The van der Waals surface area contributed by atoms with Crippen molar-refractivity contribution in [2.45, 2.75) is 0 Å². The Bertz CT molecular complexity index is 772. The predicted octanol–water partition coefficient (Wildman–Crippen LogP) is 3.77. The van der Waals surface area contributed by atoms with Gasteiger partial charge in [-0.2, -0.15) is 0 Å².